The van der Waals surface area contributed by atoms with Crippen molar-refractivity contribution in [2.24, 2.45) is 0 Å². The highest BCUT2D eigenvalue weighted by atomic mass is 19.3. The van der Waals surface area contributed by atoms with Gasteiger partial charge < -0.3 is 19.6 Å². The van der Waals surface area contributed by atoms with Gasteiger partial charge in [-0.3, -0.25) is 4.90 Å². The number of halogens is 3. The van der Waals surface area contributed by atoms with Crippen LogP contribution in [0.2, 0.25) is 0 Å². The summed E-state index contributed by atoms with van der Waals surface area (Å²) in [5.41, 5.74) is -0.396. The van der Waals surface area contributed by atoms with Crippen LogP contribution in [-0.4, -0.2) is 101 Å². The Morgan fingerprint density at radius 2 is 1.84 bits per heavy atom. The van der Waals surface area contributed by atoms with Crippen LogP contribution >= 0.6 is 0 Å². The van der Waals surface area contributed by atoms with Crippen molar-refractivity contribution in [1.29, 1.82) is 0 Å². The van der Waals surface area contributed by atoms with Crippen molar-refractivity contribution in [2.75, 3.05) is 39.8 Å². The van der Waals surface area contributed by atoms with E-state index < -0.39 is 29.6 Å². The molecule has 1 N–H and O–H groups in total. The molecule has 0 bridgehead atoms. The first-order valence-electron chi connectivity index (χ1n) is 14.0. The second kappa shape index (κ2) is 10.4. The number of likely N-dealkylation sites (tertiary alicyclic amines) is 2. The number of aromatic nitrogens is 2. The van der Waals surface area contributed by atoms with Gasteiger partial charge in [0.2, 0.25) is 5.89 Å². The summed E-state index contributed by atoms with van der Waals surface area (Å²) in [6.45, 7) is 7.52. The molecule has 37 heavy (non-hydrogen) atoms. The third-order valence-electron chi connectivity index (χ3n) is 9.38. The second-order valence-corrected chi connectivity index (χ2v) is 11.9. The van der Waals surface area contributed by atoms with Crippen LogP contribution in [0.5, 0.6) is 0 Å². The van der Waals surface area contributed by atoms with Crippen LogP contribution in [0.15, 0.2) is 4.52 Å². The molecule has 4 atom stereocenters. The van der Waals surface area contributed by atoms with E-state index in [0.29, 0.717) is 63.0 Å². The molecule has 8 nitrogen and oxygen atoms in total. The predicted octanol–water partition coefficient (Wildman–Crippen LogP) is 3.93. The van der Waals surface area contributed by atoms with Crippen LogP contribution in [0.1, 0.15) is 82.8 Å². The molecule has 1 aromatic heterocycles. The Morgan fingerprint density at radius 3 is 2.46 bits per heavy atom. The molecule has 2 saturated heterocycles. The van der Waals surface area contributed by atoms with Crippen LogP contribution in [0, 0.1) is 0 Å². The van der Waals surface area contributed by atoms with Gasteiger partial charge in [-0.25, -0.2) is 18.0 Å². The number of hydrogen-bond acceptors (Lipinski definition) is 6. The summed E-state index contributed by atoms with van der Waals surface area (Å²) in [5, 5.41) is 6.86. The van der Waals surface area contributed by atoms with Crippen LogP contribution < -0.4 is 5.32 Å². The molecule has 2 aliphatic carbocycles. The summed E-state index contributed by atoms with van der Waals surface area (Å²) in [4.78, 5) is 23.8. The number of hydrogen-bond donors (Lipinski definition) is 1. The third kappa shape index (κ3) is 5.48. The monoisotopic (exact) mass is 526 g/mol. The molecule has 0 radical (unpaired) electrons. The number of rotatable bonds is 6. The first-order valence-corrected chi connectivity index (χ1v) is 14.0. The molecule has 3 heterocycles. The Labute approximate surface area is 217 Å². The van der Waals surface area contributed by atoms with Gasteiger partial charge in [-0.05, 0) is 58.5 Å². The number of urea groups is 1. The van der Waals surface area contributed by atoms with Gasteiger partial charge in [0.25, 0.3) is 5.92 Å². The first kappa shape index (κ1) is 26.7. The summed E-state index contributed by atoms with van der Waals surface area (Å²) in [6, 6.07) is -1.48. The normalized spacial score (nSPS) is 32.5. The predicted molar refractivity (Wildman–Crippen MR) is 133 cm³/mol. The van der Waals surface area contributed by atoms with E-state index in [0.717, 1.165) is 32.5 Å². The molecule has 1 unspecified atom stereocenters. The van der Waals surface area contributed by atoms with Crippen molar-refractivity contribution in [3.8, 4) is 0 Å². The van der Waals surface area contributed by atoms with Gasteiger partial charge >= 0.3 is 6.03 Å². The molecule has 1 aromatic rings. The van der Waals surface area contributed by atoms with Gasteiger partial charge in [0.15, 0.2) is 5.82 Å². The number of nitrogens with zero attached hydrogens (tertiary/aromatic N) is 5. The Morgan fingerprint density at radius 1 is 1.16 bits per heavy atom. The SMILES string of the molecule is CCN(C)C1CCN([C@H]2CCCC(F)(F)[C@@H]2NC(=O)N2CCC(C)(c3noc(C4C[C@@H]4F)n3)CC2)CC1. The average Bonchev–Trinajstić information content (AvgIpc) is 3.40. The second-order valence-electron chi connectivity index (χ2n) is 11.9. The van der Waals surface area contributed by atoms with E-state index in [1.165, 1.54) is 0 Å². The van der Waals surface area contributed by atoms with E-state index in [4.69, 9.17) is 4.52 Å². The maximum absolute atomic E-state index is 15.2. The molecule has 2 aliphatic heterocycles. The first-order chi connectivity index (χ1) is 17.6. The molecule has 4 aliphatic rings. The molecule has 2 saturated carbocycles. The van der Waals surface area contributed by atoms with Crippen molar-refractivity contribution in [2.45, 2.75) is 107 Å². The van der Waals surface area contributed by atoms with Crippen molar-refractivity contribution < 1.29 is 22.5 Å². The van der Waals surface area contributed by atoms with Crippen LogP contribution in [-0.2, 0) is 5.41 Å². The minimum atomic E-state index is -2.93. The summed E-state index contributed by atoms with van der Waals surface area (Å²) in [5.74, 6) is -2.34. The average molecular weight is 527 g/mol. The molecule has 0 aromatic carbocycles. The number of piperidine rings is 2. The Hall–Kier alpha value is -1.88. The molecule has 208 valence electrons. The smallest absolute Gasteiger partial charge is 0.317 e. The number of carbonyl (C=O) groups excluding carboxylic acids is 1. The maximum atomic E-state index is 15.2. The summed E-state index contributed by atoms with van der Waals surface area (Å²) >= 11 is 0. The highest BCUT2D eigenvalue weighted by molar-refractivity contribution is 5.75. The molecule has 4 fully saturated rings. The lowest BCUT2D eigenvalue weighted by molar-refractivity contribution is -0.0959. The molecular weight excluding hydrogens is 485 g/mol. The fourth-order valence-electron chi connectivity index (χ4n) is 6.36. The van der Waals surface area contributed by atoms with Crippen molar-refractivity contribution >= 4 is 6.03 Å². The van der Waals surface area contributed by atoms with E-state index >= 15 is 8.78 Å². The summed E-state index contributed by atoms with van der Waals surface area (Å²) in [7, 11) is 2.12. The lowest BCUT2D eigenvalue weighted by Crippen LogP contribution is -2.65. The van der Waals surface area contributed by atoms with Crippen molar-refractivity contribution in [3.05, 3.63) is 11.7 Å². The molecular formula is C26H41F3N6O2. The summed E-state index contributed by atoms with van der Waals surface area (Å²) < 4.78 is 49.0. The fraction of sp³-hybridized carbons (Fsp3) is 0.885. The molecule has 5 rings (SSSR count). The van der Waals surface area contributed by atoms with E-state index in [-0.39, 0.29) is 18.4 Å². The van der Waals surface area contributed by atoms with Crippen molar-refractivity contribution in [1.82, 2.24) is 30.2 Å². The van der Waals surface area contributed by atoms with Crippen LogP contribution in [0.3, 0.4) is 0 Å². The zero-order chi connectivity index (χ0) is 26.4. The number of amides is 2. The Balaban J connectivity index is 1.19. The van der Waals surface area contributed by atoms with Gasteiger partial charge in [0.05, 0.1) is 5.92 Å². The Kier molecular flexibility index (Phi) is 7.48. The highest BCUT2D eigenvalue weighted by Gasteiger charge is 2.51. The zero-order valence-corrected chi connectivity index (χ0v) is 22.3. The van der Waals surface area contributed by atoms with Gasteiger partial charge in [0, 0.05) is 50.1 Å². The lowest BCUT2D eigenvalue weighted by atomic mass is 9.79. The molecule has 2 amide bonds. The topological polar surface area (TPSA) is 77.7 Å². The standard InChI is InChI=1S/C26H41F3N6O2/c1-4-33(3)17-7-12-34(13-8-17)20-6-5-9-26(28,29)21(20)30-24(36)35-14-10-25(2,11-15-35)23-31-22(37-32-23)18-16-19(18)27/h17-21H,4-16H2,1-3H3,(H,30,36)/t18?,19-,20-,21+/m0/s1. The lowest BCUT2D eigenvalue weighted by Gasteiger charge is -2.47. The van der Waals surface area contributed by atoms with Crippen LogP contribution in [0.25, 0.3) is 0 Å². The largest absolute Gasteiger partial charge is 0.339 e. The maximum Gasteiger partial charge on any atom is 0.317 e. The third-order valence-corrected chi connectivity index (χ3v) is 9.38. The number of nitrogens with one attached hydrogen (secondary N) is 1. The molecule has 0 spiro atoms. The number of carbonyl (C=O) groups is 1. The van der Waals surface area contributed by atoms with Gasteiger partial charge in [-0.2, -0.15) is 4.98 Å². The highest BCUT2D eigenvalue weighted by Crippen LogP contribution is 2.44. The number of alkyl halides is 3. The quantitative estimate of drug-likeness (QED) is 0.605. The van der Waals surface area contributed by atoms with Crippen LogP contribution in [0.4, 0.5) is 18.0 Å². The minimum Gasteiger partial charge on any atom is -0.339 e. The van der Waals surface area contributed by atoms with E-state index in [1.807, 2.05) is 6.92 Å². The van der Waals surface area contributed by atoms with E-state index in [2.05, 4.69) is 39.2 Å². The zero-order valence-electron chi connectivity index (χ0n) is 22.3. The van der Waals surface area contributed by atoms with Gasteiger partial charge in [-0.15, -0.1) is 0 Å². The van der Waals surface area contributed by atoms with Crippen molar-refractivity contribution in [3.63, 3.8) is 0 Å². The summed E-state index contributed by atoms with van der Waals surface area (Å²) in [6.07, 6.45) is 3.57. The molecule has 11 heteroatoms. The fourth-order valence-corrected chi connectivity index (χ4v) is 6.36. The van der Waals surface area contributed by atoms with E-state index in [1.54, 1.807) is 4.90 Å². The Bertz CT molecular complexity index is 944. The van der Waals surface area contributed by atoms with Gasteiger partial charge in [0.1, 0.15) is 12.2 Å². The minimum absolute atomic E-state index is 0.192. The van der Waals surface area contributed by atoms with E-state index in [9.17, 15) is 9.18 Å². The van der Waals surface area contributed by atoms with Gasteiger partial charge in [-0.1, -0.05) is 19.0 Å².